The van der Waals surface area contributed by atoms with Gasteiger partial charge in [0.05, 0.1) is 6.61 Å². The Labute approximate surface area is 112 Å². The van der Waals surface area contributed by atoms with E-state index in [1.807, 2.05) is 0 Å². The predicted molar refractivity (Wildman–Crippen MR) is 75.3 cm³/mol. The summed E-state index contributed by atoms with van der Waals surface area (Å²) in [6.45, 7) is 7.25. The van der Waals surface area contributed by atoms with Crippen LogP contribution in [0.2, 0.25) is 0 Å². The van der Waals surface area contributed by atoms with Crippen LogP contribution in [0.3, 0.4) is 0 Å². The zero-order valence-corrected chi connectivity index (χ0v) is 12.0. The SMILES string of the molecule is CC(C)C1CCC(N)C(CN2CCCC2CO)C1. The van der Waals surface area contributed by atoms with E-state index in [2.05, 4.69) is 18.7 Å². The third kappa shape index (κ3) is 3.25. The summed E-state index contributed by atoms with van der Waals surface area (Å²) in [5.74, 6) is 2.27. The van der Waals surface area contributed by atoms with Gasteiger partial charge in [-0.1, -0.05) is 13.8 Å². The number of likely N-dealkylation sites (tertiary alicyclic amines) is 1. The molecular weight excluding hydrogens is 224 g/mol. The number of rotatable bonds is 4. The second-order valence-corrected chi connectivity index (χ2v) is 6.71. The van der Waals surface area contributed by atoms with Crippen LogP contribution >= 0.6 is 0 Å². The third-order valence-electron chi connectivity index (χ3n) is 5.20. The van der Waals surface area contributed by atoms with E-state index in [4.69, 9.17) is 5.73 Å². The van der Waals surface area contributed by atoms with E-state index in [1.54, 1.807) is 0 Å². The molecule has 4 atom stereocenters. The van der Waals surface area contributed by atoms with Crippen LogP contribution in [0.15, 0.2) is 0 Å². The lowest BCUT2D eigenvalue weighted by molar-refractivity contribution is 0.104. The van der Waals surface area contributed by atoms with Gasteiger partial charge in [-0.2, -0.15) is 0 Å². The number of nitrogens with two attached hydrogens (primary N) is 1. The maximum absolute atomic E-state index is 9.40. The highest BCUT2D eigenvalue weighted by atomic mass is 16.3. The predicted octanol–water partition coefficient (Wildman–Crippen LogP) is 1.84. The first-order chi connectivity index (χ1) is 8.61. The summed E-state index contributed by atoms with van der Waals surface area (Å²) in [6, 6.07) is 0.775. The quantitative estimate of drug-likeness (QED) is 0.805. The van der Waals surface area contributed by atoms with Gasteiger partial charge in [-0.25, -0.2) is 0 Å². The summed E-state index contributed by atoms with van der Waals surface area (Å²) in [4.78, 5) is 2.48. The van der Waals surface area contributed by atoms with E-state index >= 15 is 0 Å². The van der Waals surface area contributed by atoms with Crippen molar-refractivity contribution in [2.24, 2.45) is 23.5 Å². The highest BCUT2D eigenvalue weighted by molar-refractivity contribution is 4.88. The number of aliphatic hydroxyl groups excluding tert-OH is 1. The minimum absolute atomic E-state index is 0.315. The van der Waals surface area contributed by atoms with E-state index in [0.717, 1.165) is 31.3 Å². The summed E-state index contributed by atoms with van der Waals surface area (Å²) >= 11 is 0. The molecular formula is C15H30N2O. The highest BCUT2D eigenvalue weighted by Gasteiger charge is 2.33. The van der Waals surface area contributed by atoms with Crippen molar-refractivity contribution in [1.29, 1.82) is 0 Å². The van der Waals surface area contributed by atoms with Crippen LogP contribution in [-0.2, 0) is 0 Å². The highest BCUT2D eigenvalue weighted by Crippen LogP contribution is 2.34. The molecule has 0 aromatic heterocycles. The van der Waals surface area contributed by atoms with E-state index in [1.165, 1.54) is 25.7 Å². The van der Waals surface area contributed by atoms with Gasteiger partial charge in [0.2, 0.25) is 0 Å². The molecule has 1 saturated carbocycles. The maximum Gasteiger partial charge on any atom is 0.0586 e. The van der Waals surface area contributed by atoms with Crippen molar-refractivity contribution in [2.75, 3.05) is 19.7 Å². The monoisotopic (exact) mass is 254 g/mol. The molecule has 0 amide bonds. The topological polar surface area (TPSA) is 49.5 Å². The van der Waals surface area contributed by atoms with Gasteiger partial charge in [0, 0.05) is 18.6 Å². The van der Waals surface area contributed by atoms with Gasteiger partial charge in [-0.05, 0) is 56.4 Å². The molecule has 1 saturated heterocycles. The molecule has 18 heavy (non-hydrogen) atoms. The molecule has 2 rings (SSSR count). The second-order valence-electron chi connectivity index (χ2n) is 6.71. The lowest BCUT2D eigenvalue weighted by atomic mass is 9.73. The lowest BCUT2D eigenvalue weighted by Crippen LogP contribution is -2.45. The molecule has 106 valence electrons. The first-order valence-corrected chi connectivity index (χ1v) is 7.72. The Morgan fingerprint density at radius 1 is 1.28 bits per heavy atom. The molecule has 0 aromatic rings. The van der Waals surface area contributed by atoms with Crippen molar-refractivity contribution in [3.05, 3.63) is 0 Å². The molecule has 1 aliphatic carbocycles. The average molecular weight is 254 g/mol. The van der Waals surface area contributed by atoms with Crippen molar-refractivity contribution < 1.29 is 5.11 Å². The summed E-state index contributed by atoms with van der Waals surface area (Å²) < 4.78 is 0. The van der Waals surface area contributed by atoms with E-state index < -0.39 is 0 Å². The zero-order chi connectivity index (χ0) is 13.1. The van der Waals surface area contributed by atoms with Gasteiger partial charge in [0.25, 0.3) is 0 Å². The molecule has 3 N–H and O–H groups in total. The second kappa shape index (κ2) is 6.36. The van der Waals surface area contributed by atoms with Gasteiger partial charge in [-0.3, -0.25) is 4.90 Å². The van der Waals surface area contributed by atoms with Crippen LogP contribution < -0.4 is 5.73 Å². The molecule has 1 heterocycles. The number of hydrogen-bond acceptors (Lipinski definition) is 3. The van der Waals surface area contributed by atoms with Crippen molar-refractivity contribution in [3.63, 3.8) is 0 Å². The Balaban J connectivity index is 1.90. The molecule has 0 radical (unpaired) electrons. The Morgan fingerprint density at radius 3 is 2.72 bits per heavy atom. The van der Waals surface area contributed by atoms with Crippen LogP contribution in [0, 0.1) is 17.8 Å². The van der Waals surface area contributed by atoms with E-state index in [9.17, 15) is 5.11 Å². The van der Waals surface area contributed by atoms with Crippen molar-refractivity contribution in [3.8, 4) is 0 Å². The van der Waals surface area contributed by atoms with E-state index in [0.29, 0.717) is 24.6 Å². The molecule has 4 unspecified atom stereocenters. The summed E-state index contributed by atoms with van der Waals surface area (Å²) in [6.07, 6.45) is 6.17. The van der Waals surface area contributed by atoms with Gasteiger partial charge >= 0.3 is 0 Å². The Hall–Kier alpha value is -0.120. The van der Waals surface area contributed by atoms with Crippen LogP contribution in [0.5, 0.6) is 0 Å². The standard InChI is InChI=1S/C15H30N2O/c1-11(2)12-5-6-15(16)13(8-12)9-17-7-3-4-14(17)10-18/h11-15,18H,3-10,16H2,1-2H3. The fraction of sp³-hybridized carbons (Fsp3) is 1.00. The molecule has 1 aliphatic heterocycles. The molecule has 0 aromatic carbocycles. The number of hydrogen-bond donors (Lipinski definition) is 2. The maximum atomic E-state index is 9.40. The Bertz CT molecular complexity index is 257. The van der Waals surface area contributed by atoms with Crippen molar-refractivity contribution in [2.45, 2.75) is 58.0 Å². The molecule has 3 nitrogen and oxygen atoms in total. The van der Waals surface area contributed by atoms with E-state index in [-0.39, 0.29) is 0 Å². The largest absolute Gasteiger partial charge is 0.395 e. The molecule has 2 aliphatic rings. The van der Waals surface area contributed by atoms with Crippen LogP contribution in [0.4, 0.5) is 0 Å². The first kappa shape index (κ1) is 14.3. The summed E-state index contributed by atoms with van der Waals surface area (Å²) in [5, 5.41) is 9.40. The number of aliphatic hydroxyl groups is 1. The Kier molecular flexibility index (Phi) is 5.05. The summed E-state index contributed by atoms with van der Waals surface area (Å²) in [7, 11) is 0. The molecule has 3 heteroatoms. The minimum Gasteiger partial charge on any atom is -0.395 e. The molecule has 2 fully saturated rings. The Morgan fingerprint density at radius 2 is 2.06 bits per heavy atom. The summed E-state index contributed by atoms with van der Waals surface area (Å²) in [5.41, 5.74) is 6.32. The minimum atomic E-state index is 0.315. The average Bonchev–Trinajstić information content (AvgIpc) is 2.79. The molecule has 0 bridgehead atoms. The molecule has 0 spiro atoms. The van der Waals surface area contributed by atoms with Gasteiger partial charge < -0.3 is 10.8 Å². The normalized spacial score (nSPS) is 38.5. The van der Waals surface area contributed by atoms with Gasteiger partial charge in [0.15, 0.2) is 0 Å². The van der Waals surface area contributed by atoms with Crippen molar-refractivity contribution >= 4 is 0 Å². The lowest BCUT2D eigenvalue weighted by Gasteiger charge is -2.39. The smallest absolute Gasteiger partial charge is 0.0586 e. The van der Waals surface area contributed by atoms with Crippen molar-refractivity contribution in [1.82, 2.24) is 4.90 Å². The fourth-order valence-electron chi connectivity index (χ4n) is 3.78. The third-order valence-corrected chi connectivity index (χ3v) is 5.20. The van der Waals surface area contributed by atoms with Crippen LogP contribution in [0.1, 0.15) is 46.0 Å². The zero-order valence-electron chi connectivity index (χ0n) is 12.0. The van der Waals surface area contributed by atoms with Crippen LogP contribution in [0.25, 0.3) is 0 Å². The fourth-order valence-corrected chi connectivity index (χ4v) is 3.78. The number of nitrogens with zero attached hydrogens (tertiary/aromatic N) is 1. The van der Waals surface area contributed by atoms with Gasteiger partial charge in [-0.15, -0.1) is 0 Å². The first-order valence-electron chi connectivity index (χ1n) is 7.72. The van der Waals surface area contributed by atoms with Crippen LogP contribution in [-0.4, -0.2) is 41.8 Å². The van der Waals surface area contributed by atoms with Gasteiger partial charge in [0.1, 0.15) is 0 Å².